The number of nitrogens with two attached hydrogens (primary N) is 1. The third kappa shape index (κ3) is 8.41. The molecular formula is C19H23ClF3N3O. The Morgan fingerprint density at radius 2 is 1.81 bits per heavy atom. The number of carbonyl (C=O) groups is 1. The molecule has 0 aliphatic carbocycles. The summed E-state index contributed by atoms with van der Waals surface area (Å²) in [4.78, 5) is 14.5. The number of halogens is 4. The fourth-order valence-corrected chi connectivity index (χ4v) is 2.13. The molecule has 4 nitrogen and oxygen atoms in total. The lowest BCUT2D eigenvalue weighted by molar-refractivity contribution is -0.137. The van der Waals surface area contributed by atoms with E-state index < -0.39 is 17.6 Å². The number of hydrogen-bond acceptors (Lipinski definition) is 3. The van der Waals surface area contributed by atoms with E-state index in [-0.39, 0.29) is 5.54 Å². The lowest BCUT2D eigenvalue weighted by Crippen LogP contribution is -2.35. The van der Waals surface area contributed by atoms with Gasteiger partial charge in [0.25, 0.3) is 0 Å². The summed E-state index contributed by atoms with van der Waals surface area (Å²) in [6.07, 6.45) is -2.77. The lowest BCUT2D eigenvalue weighted by Gasteiger charge is -2.21. The predicted molar refractivity (Wildman–Crippen MR) is 101 cm³/mol. The van der Waals surface area contributed by atoms with Crippen LogP contribution < -0.4 is 11.1 Å². The molecule has 1 aromatic carbocycles. The Kier molecular flexibility index (Phi) is 7.80. The van der Waals surface area contributed by atoms with Crippen LogP contribution in [0.15, 0.2) is 36.5 Å². The normalized spacial score (nSPS) is 11.6. The molecule has 0 bridgehead atoms. The number of aryl methyl sites for hydroxylation is 1. The fraction of sp³-hybridized carbons (Fsp3) is 0.368. The van der Waals surface area contributed by atoms with E-state index in [1.165, 1.54) is 6.07 Å². The van der Waals surface area contributed by atoms with E-state index in [0.717, 1.165) is 17.8 Å². The maximum Gasteiger partial charge on any atom is 0.416 e. The van der Waals surface area contributed by atoms with Crippen molar-refractivity contribution < 1.29 is 18.0 Å². The summed E-state index contributed by atoms with van der Waals surface area (Å²) < 4.78 is 37.5. The van der Waals surface area contributed by atoms with E-state index in [1.807, 2.05) is 27.7 Å². The quantitative estimate of drug-likeness (QED) is 0.780. The molecule has 0 fully saturated rings. The minimum absolute atomic E-state index is 0.169. The van der Waals surface area contributed by atoms with Crippen molar-refractivity contribution >= 4 is 17.5 Å². The van der Waals surface area contributed by atoms with Crippen LogP contribution in [-0.4, -0.2) is 16.4 Å². The molecular weight excluding hydrogens is 379 g/mol. The van der Waals surface area contributed by atoms with Gasteiger partial charge in [0.1, 0.15) is 0 Å². The van der Waals surface area contributed by atoms with Crippen molar-refractivity contribution in [1.82, 2.24) is 10.3 Å². The summed E-state index contributed by atoms with van der Waals surface area (Å²) >= 11 is 5.87. The standard InChI is InChI=1S/C12H15ClF3N.C7H8N2O/c1-11(2,3)17-7-8-6-9(12(14,15)16)4-5-10(8)13;1-5-4-6(7(8)10)2-3-9-5/h4-6,17H,7H2,1-3H3;2-4H,1H3,(H2,8,10). The third-order valence-corrected chi connectivity index (χ3v) is 3.73. The van der Waals surface area contributed by atoms with Crippen LogP contribution >= 0.6 is 11.6 Å². The number of alkyl halides is 3. The van der Waals surface area contributed by atoms with Crippen molar-refractivity contribution in [2.45, 2.75) is 46.0 Å². The van der Waals surface area contributed by atoms with Gasteiger partial charge in [0.05, 0.1) is 5.56 Å². The van der Waals surface area contributed by atoms with E-state index in [4.69, 9.17) is 17.3 Å². The predicted octanol–water partition coefficient (Wildman–Crippen LogP) is 4.74. The second-order valence-corrected chi connectivity index (χ2v) is 7.36. The average Bonchev–Trinajstić information content (AvgIpc) is 2.52. The van der Waals surface area contributed by atoms with Crippen LogP contribution in [0.25, 0.3) is 0 Å². The van der Waals surface area contributed by atoms with Gasteiger partial charge in [-0.15, -0.1) is 0 Å². The molecule has 0 aliphatic heterocycles. The van der Waals surface area contributed by atoms with Crippen LogP contribution in [-0.2, 0) is 12.7 Å². The Balaban J connectivity index is 0.000000309. The SMILES string of the molecule is CC(C)(C)NCc1cc(C(F)(F)F)ccc1Cl.Cc1cc(C(N)=O)ccn1. The van der Waals surface area contributed by atoms with Crippen molar-refractivity contribution in [3.05, 3.63) is 63.9 Å². The fourth-order valence-electron chi connectivity index (χ4n) is 1.95. The summed E-state index contributed by atoms with van der Waals surface area (Å²) in [6.45, 7) is 7.94. The Hall–Kier alpha value is -2.12. The van der Waals surface area contributed by atoms with Crippen LogP contribution in [0, 0.1) is 6.92 Å². The zero-order valence-corrected chi connectivity index (χ0v) is 16.4. The monoisotopic (exact) mass is 401 g/mol. The maximum absolute atomic E-state index is 12.5. The highest BCUT2D eigenvalue weighted by atomic mass is 35.5. The highest BCUT2D eigenvalue weighted by Crippen LogP contribution is 2.31. The first-order chi connectivity index (χ1) is 12.3. The van der Waals surface area contributed by atoms with Gasteiger partial charge in [-0.1, -0.05) is 11.6 Å². The van der Waals surface area contributed by atoms with Gasteiger partial charge in [0, 0.05) is 34.6 Å². The molecule has 148 valence electrons. The molecule has 0 atom stereocenters. The number of amides is 1. The van der Waals surface area contributed by atoms with Gasteiger partial charge in [0.15, 0.2) is 0 Å². The van der Waals surface area contributed by atoms with E-state index >= 15 is 0 Å². The Labute approximate surface area is 161 Å². The van der Waals surface area contributed by atoms with Gasteiger partial charge in [0.2, 0.25) is 5.91 Å². The van der Waals surface area contributed by atoms with Crippen LogP contribution in [0.2, 0.25) is 5.02 Å². The minimum Gasteiger partial charge on any atom is -0.366 e. The number of hydrogen-bond donors (Lipinski definition) is 2. The summed E-state index contributed by atoms with van der Waals surface area (Å²) in [7, 11) is 0. The molecule has 1 amide bonds. The van der Waals surface area contributed by atoms with Crippen LogP contribution in [0.1, 0.15) is 48.0 Å². The summed E-state index contributed by atoms with van der Waals surface area (Å²) in [5.74, 6) is -0.412. The number of rotatable bonds is 3. The number of carbonyl (C=O) groups excluding carboxylic acids is 1. The number of nitrogens with zero attached hydrogens (tertiary/aromatic N) is 1. The van der Waals surface area contributed by atoms with Crippen LogP contribution in [0.3, 0.4) is 0 Å². The zero-order valence-electron chi connectivity index (χ0n) is 15.6. The zero-order chi connectivity index (χ0) is 20.8. The molecule has 0 saturated heterocycles. The molecule has 0 aliphatic rings. The van der Waals surface area contributed by atoms with E-state index in [0.29, 0.717) is 22.7 Å². The molecule has 2 rings (SSSR count). The van der Waals surface area contributed by atoms with Crippen molar-refractivity contribution in [2.75, 3.05) is 0 Å². The molecule has 0 radical (unpaired) electrons. The first-order valence-corrected chi connectivity index (χ1v) is 8.50. The van der Waals surface area contributed by atoms with Crippen molar-refractivity contribution in [1.29, 1.82) is 0 Å². The molecule has 0 saturated carbocycles. The summed E-state index contributed by atoms with van der Waals surface area (Å²) in [6, 6.07) is 6.60. The number of aromatic nitrogens is 1. The Morgan fingerprint density at radius 1 is 1.19 bits per heavy atom. The van der Waals surface area contributed by atoms with Gasteiger partial charge < -0.3 is 11.1 Å². The number of primary amides is 1. The Morgan fingerprint density at radius 3 is 2.26 bits per heavy atom. The van der Waals surface area contributed by atoms with Gasteiger partial charge in [-0.3, -0.25) is 9.78 Å². The van der Waals surface area contributed by atoms with Crippen molar-refractivity contribution in [3.8, 4) is 0 Å². The molecule has 0 spiro atoms. The molecule has 27 heavy (non-hydrogen) atoms. The Bertz CT molecular complexity index is 786. The highest BCUT2D eigenvalue weighted by Gasteiger charge is 2.30. The first kappa shape index (κ1) is 22.9. The van der Waals surface area contributed by atoms with Gasteiger partial charge >= 0.3 is 6.18 Å². The van der Waals surface area contributed by atoms with Crippen LogP contribution in [0.4, 0.5) is 13.2 Å². The first-order valence-electron chi connectivity index (χ1n) is 8.13. The molecule has 8 heteroatoms. The number of benzene rings is 1. The topological polar surface area (TPSA) is 68.0 Å². The summed E-state index contributed by atoms with van der Waals surface area (Å²) in [5, 5.41) is 3.45. The largest absolute Gasteiger partial charge is 0.416 e. The van der Waals surface area contributed by atoms with Crippen molar-refractivity contribution in [2.24, 2.45) is 5.73 Å². The minimum atomic E-state index is -4.33. The van der Waals surface area contributed by atoms with E-state index in [1.54, 1.807) is 18.3 Å². The summed E-state index contributed by atoms with van der Waals surface area (Å²) in [5.41, 5.74) is 5.94. The second kappa shape index (κ2) is 9.19. The maximum atomic E-state index is 12.5. The second-order valence-electron chi connectivity index (χ2n) is 6.96. The highest BCUT2D eigenvalue weighted by molar-refractivity contribution is 6.31. The van der Waals surface area contributed by atoms with Gasteiger partial charge in [-0.2, -0.15) is 13.2 Å². The molecule has 1 heterocycles. The van der Waals surface area contributed by atoms with E-state index in [9.17, 15) is 18.0 Å². The smallest absolute Gasteiger partial charge is 0.366 e. The number of pyridine rings is 1. The molecule has 1 aromatic heterocycles. The third-order valence-electron chi connectivity index (χ3n) is 3.36. The molecule has 0 unspecified atom stereocenters. The van der Waals surface area contributed by atoms with Gasteiger partial charge in [-0.05, 0) is 63.6 Å². The molecule has 3 N–H and O–H groups in total. The lowest BCUT2D eigenvalue weighted by atomic mass is 10.1. The van der Waals surface area contributed by atoms with Crippen LogP contribution in [0.5, 0.6) is 0 Å². The molecule has 2 aromatic rings. The van der Waals surface area contributed by atoms with Crippen molar-refractivity contribution in [3.63, 3.8) is 0 Å². The van der Waals surface area contributed by atoms with Gasteiger partial charge in [-0.25, -0.2) is 0 Å². The average molecular weight is 402 g/mol. The number of nitrogens with one attached hydrogen (secondary N) is 1. The van der Waals surface area contributed by atoms with E-state index in [2.05, 4.69) is 10.3 Å².